The fourth-order valence-electron chi connectivity index (χ4n) is 1.91. The van der Waals surface area contributed by atoms with E-state index in [0.717, 1.165) is 23.4 Å². The molecule has 0 aliphatic carbocycles. The van der Waals surface area contributed by atoms with E-state index in [0.29, 0.717) is 17.9 Å². The van der Waals surface area contributed by atoms with E-state index < -0.39 is 0 Å². The molecule has 0 saturated carbocycles. The van der Waals surface area contributed by atoms with Gasteiger partial charge in [-0.15, -0.1) is 11.3 Å². The van der Waals surface area contributed by atoms with Gasteiger partial charge in [-0.05, 0) is 24.1 Å². The van der Waals surface area contributed by atoms with Crippen molar-refractivity contribution in [2.75, 3.05) is 5.73 Å². The minimum Gasteiger partial charge on any atom is -0.399 e. The minimum absolute atomic E-state index is 0.0846. The first-order valence-corrected chi connectivity index (χ1v) is 7.81. The molecule has 5 N–H and O–H groups in total. The van der Waals surface area contributed by atoms with E-state index in [-0.39, 0.29) is 11.9 Å². The van der Waals surface area contributed by atoms with Crippen molar-refractivity contribution in [3.63, 3.8) is 0 Å². The van der Waals surface area contributed by atoms with E-state index in [9.17, 15) is 4.79 Å². The summed E-state index contributed by atoms with van der Waals surface area (Å²) in [6.45, 7) is 2.53. The molecular weight excluding hydrogens is 284 g/mol. The maximum Gasteiger partial charge on any atom is 0.271 e. The molecule has 1 aromatic carbocycles. The molecule has 0 spiro atoms. The van der Waals surface area contributed by atoms with Gasteiger partial charge in [0, 0.05) is 17.6 Å². The van der Waals surface area contributed by atoms with Gasteiger partial charge in [-0.25, -0.2) is 4.98 Å². The van der Waals surface area contributed by atoms with Crippen LogP contribution >= 0.6 is 11.3 Å². The second-order valence-electron chi connectivity index (χ2n) is 4.89. The predicted octanol–water partition coefficient (Wildman–Crippen LogP) is 2.46. The number of amides is 1. The number of nitrogen functional groups attached to an aromatic ring is 1. The highest BCUT2D eigenvalue weighted by Gasteiger charge is 2.14. The van der Waals surface area contributed by atoms with Gasteiger partial charge in [-0.2, -0.15) is 0 Å². The average molecular weight is 304 g/mol. The third-order valence-electron chi connectivity index (χ3n) is 3.10. The zero-order chi connectivity index (χ0) is 15.2. The highest BCUT2D eigenvalue weighted by Crippen LogP contribution is 2.20. The van der Waals surface area contributed by atoms with Crippen molar-refractivity contribution in [3.05, 3.63) is 45.9 Å². The van der Waals surface area contributed by atoms with Crippen molar-refractivity contribution in [2.45, 2.75) is 32.4 Å². The Balaban J connectivity index is 1.93. The number of nitrogens with one attached hydrogen (secondary N) is 1. The number of hydrogen-bond donors (Lipinski definition) is 3. The van der Waals surface area contributed by atoms with Crippen LogP contribution in [0, 0.1) is 0 Å². The first kappa shape index (κ1) is 15.5. The average Bonchev–Trinajstić information content (AvgIpc) is 2.96. The molecule has 0 saturated heterocycles. The van der Waals surface area contributed by atoms with Gasteiger partial charge in [0.1, 0.15) is 10.7 Å². The number of nitrogens with two attached hydrogens (primary N) is 2. The molecule has 1 amide bonds. The second-order valence-corrected chi connectivity index (χ2v) is 5.78. The van der Waals surface area contributed by atoms with Gasteiger partial charge >= 0.3 is 0 Å². The summed E-state index contributed by atoms with van der Waals surface area (Å²) in [4.78, 5) is 16.4. The lowest BCUT2D eigenvalue weighted by Gasteiger charge is -2.05. The van der Waals surface area contributed by atoms with Crippen LogP contribution in [0.25, 0.3) is 0 Å². The number of carbonyl (C=O) groups excluding carboxylic acids is 1. The maximum atomic E-state index is 12.0. The van der Waals surface area contributed by atoms with Crippen LogP contribution in [0.5, 0.6) is 0 Å². The molecule has 2 aromatic rings. The SMILES string of the molecule is CCCC(N)c1nc(C(=O)NCc2ccc(N)cc2)cs1. The Hall–Kier alpha value is -1.92. The monoisotopic (exact) mass is 304 g/mol. The number of benzene rings is 1. The molecule has 21 heavy (non-hydrogen) atoms. The fourth-order valence-corrected chi connectivity index (χ4v) is 2.74. The van der Waals surface area contributed by atoms with Crippen LogP contribution < -0.4 is 16.8 Å². The summed E-state index contributed by atoms with van der Waals surface area (Å²) in [5, 5.41) is 5.41. The van der Waals surface area contributed by atoms with E-state index in [4.69, 9.17) is 11.5 Å². The van der Waals surface area contributed by atoms with E-state index in [1.807, 2.05) is 24.3 Å². The van der Waals surface area contributed by atoms with E-state index in [1.54, 1.807) is 5.38 Å². The smallest absolute Gasteiger partial charge is 0.271 e. The van der Waals surface area contributed by atoms with Crippen LogP contribution in [-0.4, -0.2) is 10.9 Å². The van der Waals surface area contributed by atoms with Gasteiger partial charge in [-0.1, -0.05) is 25.5 Å². The lowest BCUT2D eigenvalue weighted by atomic mass is 10.2. The Bertz CT molecular complexity index is 594. The van der Waals surface area contributed by atoms with Gasteiger partial charge in [0.15, 0.2) is 0 Å². The molecule has 1 heterocycles. The number of nitrogens with zero attached hydrogens (tertiary/aromatic N) is 1. The maximum absolute atomic E-state index is 12.0. The van der Waals surface area contributed by atoms with Crippen molar-refractivity contribution in [2.24, 2.45) is 5.73 Å². The summed E-state index contributed by atoms with van der Waals surface area (Å²) in [6, 6.07) is 7.32. The van der Waals surface area contributed by atoms with Crippen LogP contribution in [0.15, 0.2) is 29.6 Å². The number of carbonyl (C=O) groups is 1. The molecular formula is C15H20N4OS. The lowest BCUT2D eigenvalue weighted by molar-refractivity contribution is 0.0946. The molecule has 1 aromatic heterocycles. The fraction of sp³-hybridized carbons (Fsp3) is 0.333. The van der Waals surface area contributed by atoms with Gasteiger partial charge in [-0.3, -0.25) is 4.79 Å². The third kappa shape index (κ3) is 4.27. The predicted molar refractivity (Wildman–Crippen MR) is 86.0 cm³/mol. The lowest BCUT2D eigenvalue weighted by Crippen LogP contribution is -2.23. The molecule has 5 nitrogen and oxygen atoms in total. The van der Waals surface area contributed by atoms with Gasteiger partial charge < -0.3 is 16.8 Å². The zero-order valence-electron chi connectivity index (χ0n) is 12.0. The van der Waals surface area contributed by atoms with Crippen LogP contribution in [0.1, 0.15) is 46.9 Å². The Labute approximate surface area is 128 Å². The summed E-state index contributed by atoms with van der Waals surface area (Å²) >= 11 is 1.44. The molecule has 0 bridgehead atoms. The Morgan fingerprint density at radius 2 is 2.10 bits per heavy atom. The topological polar surface area (TPSA) is 94.0 Å². The number of thiazole rings is 1. The van der Waals surface area contributed by atoms with Gasteiger partial charge in [0.2, 0.25) is 0 Å². The summed E-state index contributed by atoms with van der Waals surface area (Å²) in [6.07, 6.45) is 1.87. The number of aromatic nitrogens is 1. The van der Waals surface area contributed by atoms with Crippen molar-refractivity contribution in [3.8, 4) is 0 Å². The summed E-state index contributed by atoms with van der Waals surface area (Å²) in [5.41, 5.74) is 13.8. The molecule has 1 unspecified atom stereocenters. The number of anilines is 1. The first-order chi connectivity index (χ1) is 10.1. The molecule has 112 valence electrons. The van der Waals surface area contributed by atoms with Crippen molar-refractivity contribution < 1.29 is 4.79 Å². The molecule has 0 radical (unpaired) electrons. The van der Waals surface area contributed by atoms with E-state index >= 15 is 0 Å². The van der Waals surface area contributed by atoms with Crippen LogP contribution in [0.2, 0.25) is 0 Å². The third-order valence-corrected chi connectivity index (χ3v) is 4.08. The van der Waals surface area contributed by atoms with Crippen molar-refractivity contribution in [1.29, 1.82) is 0 Å². The normalized spacial score (nSPS) is 12.1. The summed E-state index contributed by atoms with van der Waals surface area (Å²) in [5.74, 6) is -0.182. The Kier molecular flexibility index (Phi) is 5.30. The first-order valence-electron chi connectivity index (χ1n) is 6.93. The van der Waals surface area contributed by atoms with E-state index in [2.05, 4.69) is 17.2 Å². The van der Waals surface area contributed by atoms with E-state index in [1.165, 1.54) is 11.3 Å². The molecule has 1 atom stereocenters. The van der Waals surface area contributed by atoms with Crippen LogP contribution in [0.4, 0.5) is 5.69 Å². The molecule has 0 aliphatic rings. The number of hydrogen-bond acceptors (Lipinski definition) is 5. The number of rotatable bonds is 6. The second kappa shape index (κ2) is 7.19. The summed E-state index contributed by atoms with van der Waals surface area (Å²) < 4.78 is 0. The van der Waals surface area contributed by atoms with Gasteiger partial charge in [0.25, 0.3) is 5.91 Å². The molecule has 6 heteroatoms. The highest BCUT2D eigenvalue weighted by atomic mass is 32.1. The highest BCUT2D eigenvalue weighted by molar-refractivity contribution is 7.09. The largest absolute Gasteiger partial charge is 0.399 e. The standard InChI is InChI=1S/C15H20N4OS/c1-2-3-12(17)15-19-13(9-21-15)14(20)18-8-10-4-6-11(16)7-5-10/h4-7,9,12H,2-3,8,16-17H2,1H3,(H,18,20). The van der Waals surface area contributed by atoms with Crippen molar-refractivity contribution >= 4 is 22.9 Å². The van der Waals surface area contributed by atoms with Crippen molar-refractivity contribution in [1.82, 2.24) is 10.3 Å². The molecule has 0 fully saturated rings. The van der Waals surface area contributed by atoms with Gasteiger partial charge in [0.05, 0.1) is 6.04 Å². The Morgan fingerprint density at radius 3 is 2.76 bits per heavy atom. The molecule has 2 rings (SSSR count). The molecule has 0 aliphatic heterocycles. The quantitative estimate of drug-likeness (QED) is 0.714. The summed E-state index contributed by atoms with van der Waals surface area (Å²) in [7, 11) is 0. The minimum atomic E-state index is -0.182. The zero-order valence-corrected chi connectivity index (χ0v) is 12.8. The van der Waals surface area contributed by atoms with Crippen LogP contribution in [-0.2, 0) is 6.54 Å². The Morgan fingerprint density at radius 1 is 1.38 bits per heavy atom. The van der Waals surface area contributed by atoms with Crippen LogP contribution in [0.3, 0.4) is 0 Å².